The van der Waals surface area contributed by atoms with E-state index in [0.717, 1.165) is 36.4 Å². The highest BCUT2D eigenvalue weighted by atomic mass is 16.8. The molecule has 632 valence electrons. The molecule has 3 aliphatic rings. The van der Waals surface area contributed by atoms with Crippen LogP contribution in [-0.4, -0.2) is 233 Å². The number of benzene rings is 4. The number of aliphatic hydroxyl groups is 2. The summed E-state index contributed by atoms with van der Waals surface area (Å²) in [6, 6.07) is 11.5. The van der Waals surface area contributed by atoms with E-state index in [0.29, 0.717) is 43.5 Å². The number of anilines is 3. The van der Waals surface area contributed by atoms with Gasteiger partial charge in [0.1, 0.15) is 58.3 Å². The molecule has 0 aromatic heterocycles. The summed E-state index contributed by atoms with van der Waals surface area (Å²) >= 11 is 0. The number of nitro groups is 1. The molecule has 117 heavy (non-hydrogen) atoms. The minimum Gasteiger partial charge on any atom is -0.493 e. The number of nitro benzene ring substituents is 1. The zero-order valence-corrected chi connectivity index (χ0v) is 64.8. The van der Waals surface area contributed by atoms with E-state index >= 15 is 0 Å². The van der Waals surface area contributed by atoms with Crippen molar-refractivity contribution in [3.8, 4) is 28.7 Å². The van der Waals surface area contributed by atoms with Crippen LogP contribution in [0.3, 0.4) is 0 Å². The highest BCUT2D eigenvalue weighted by Gasteiger charge is 2.58. The Bertz CT molecular complexity index is 4230. The van der Waals surface area contributed by atoms with Crippen molar-refractivity contribution < 1.29 is 144 Å². The van der Waals surface area contributed by atoms with Crippen molar-refractivity contribution in [1.82, 2.24) is 20.4 Å². The average Bonchev–Trinajstić information content (AvgIpc) is 1.15. The molecule has 3 fully saturated rings. The number of amides is 7. The summed E-state index contributed by atoms with van der Waals surface area (Å²) in [6.07, 6.45) is -10.2. The Morgan fingerprint density at radius 1 is 0.547 bits per heavy atom. The molecule has 39 nitrogen and oxygen atoms in total. The first-order valence-corrected chi connectivity index (χ1v) is 36.6. The Hall–Kier alpha value is -13.2. The summed E-state index contributed by atoms with van der Waals surface area (Å²) in [5.74, 6) is -4.58. The summed E-state index contributed by atoms with van der Waals surface area (Å²) in [7, 11) is 2.63. The number of likely N-dealkylation sites (tertiary alicyclic amines) is 2. The number of alkyl carbamates (subject to hydrolysis) is 1. The summed E-state index contributed by atoms with van der Waals surface area (Å²) < 4.78 is 88.1. The van der Waals surface area contributed by atoms with Gasteiger partial charge in [-0.15, -0.1) is 0 Å². The van der Waals surface area contributed by atoms with Gasteiger partial charge in [0.15, 0.2) is 47.1 Å². The van der Waals surface area contributed by atoms with Crippen LogP contribution < -0.4 is 50.3 Å². The maximum atomic E-state index is 14.4. The van der Waals surface area contributed by atoms with E-state index in [2.05, 4.69) is 59.5 Å². The Morgan fingerprint density at radius 2 is 1.02 bits per heavy atom. The van der Waals surface area contributed by atoms with Crippen molar-refractivity contribution in [2.75, 3.05) is 103 Å². The maximum absolute atomic E-state index is 14.4. The third kappa shape index (κ3) is 26.2. The van der Waals surface area contributed by atoms with Gasteiger partial charge < -0.3 is 112 Å². The molecule has 39 heteroatoms. The van der Waals surface area contributed by atoms with Gasteiger partial charge in [-0.2, -0.15) is 0 Å². The number of methoxy groups -OCH3 is 2. The van der Waals surface area contributed by atoms with Crippen molar-refractivity contribution in [1.29, 1.82) is 0 Å². The van der Waals surface area contributed by atoms with Crippen LogP contribution in [0.15, 0.2) is 130 Å². The fourth-order valence-corrected chi connectivity index (χ4v) is 11.8. The predicted molar refractivity (Wildman–Crippen MR) is 410 cm³/mol. The normalized spacial score (nSPS) is 17.7. The number of aliphatic hydroxyl groups excluding tert-OH is 2. The second-order valence-electron chi connectivity index (χ2n) is 26.0. The van der Waals surface area contributed by atoms with Crippen LogP contribution >= 0.6 is 0 Å². The monoisotopic (exact) mass is 1640 g/mol. The number of ether oxygens (including phenoxy) is 16. The van der Waals surface area contributed by atoms with Crippen LogP contribution in [-0.2, 0) is 79.7 Å². The molecule has 0 spiro atoms. The van der Waals surface area contributed by atoms with Crippen LogP contribution in [0.25, 0.3) is 0 Å². The van der Waals surface area contributed by atoms with E-state index in [1.807, 2.05) is 0 Å². The molecule has 0 unspecified atom stereocenters. The topological polar surface area (TPSA) is 486 Å². The van der Waals surface area contributed by atoms with Crippen LogP contribution in [0.4, 0.5) is 51.5 Å². The average molecular weight is 1640 g/mol. The standard InChI is InChI=1S/C78H94N8O31/c1-11-29-106-71(93)65-63(115-76(97)108-31-13-3)64(116-77(98)109-32-14-4)66(117-78(99)110-33-15-5)72(114-65)113-57-26-23-48(36-56(57)86(100)101)44-112-74(95)82-55-40-61(59(103-10)38-53(55)70(92)85-28-17-20-51(85)42-88)105-35-18-34-104-60-39-54(52(37-58(60)102-9)69(91)84-27-16-19-50(84)41-87)81-73(94)111-43-47-21-24-49(25-22-47)80-67(89)46(8)79-68(90)62(45(6)7)83-75(96)107-30-12-2/h11-15,21-26,36-40,45-46,50-51,62-66,72,87-88H,1-5,16-20,27-35,41-44H2,6-10H3,(H,79,90)(H,80,89)(H,81,94)(H,82,95)(H,83,96)/t46-,50-,51-,62-,63-,64-,65-,66+,72+/m0/s1. The van der Waals surface area contributed by atoms with Crippen molar-refractivity contribution >= 4 is 89.1 Å². The molecule has 0 bridgehead atoms. The molecular weight excluding hydrogens is 1540 g/mol. The number of carbonyl (C=O) groups is 11. The highest BCUT2D eigenvalue weighted by Crippen LogP contribution is 2.40. The largest absolute Gasteiger partial charge is 0.509 e. The number of carbonyl (C=O) groups excluding carboxylic acids is 11. The van der Waals surface area contributed by atoms with Crippen molar-refractivity contribution in [2.45, 2.75) is 121 Å². The van der Waals surface area contributed by atoms with E-state index in [4.69, 9.17) is 75.8 Å². The molecule has 7 rings (SSSR count). The lowest BCUT2D eigenvalue weighted by atomic mass is 9.98. The third-order valence-electron chi connectivity index (χ3n) is 17.5. The first-order chi connectivity index (χ1) is 56.2. The number of esters is 1. The van der Waals surface area contributed by atoms with Gasteiger partial charge >= 0.3 is 48.4 Å². The fraction of sp³-hybridized carbons (Fsp3) is 0.423. The quantitative estimate of drug-likeness (QED) is 0.00546. The maximum Gasteiger partial charge on any atom is 0.509 e. The van der Waals surface area contributed by atoms with Gasteiger partial charge in [0.2, 0.25) is 24.2 Å². The lowest BCUT2D eigenvalue weighted by Crippen LogP contribution is -2.64. The number of nitrogens with zero attached hydrogens (tertiary/aromatic N) is 3. The second-order valence-corrected chi connectivity index (χ2v) is 26.0. The molecule has 9 atom stereocenters. The van der Waals surface area contributed by atoms with Gasteiger partial charge in [-0.3, -0.25) is 39.9 Å². The summed E-state index contributed by atoms with van der Waals surface area (Å²) in [6.45, 7) is 18.9. The molecule has 3 heterocycles. The summed E-state index contributed by atoms with van der Waals surface area (Å²) in [5, 5.41) is 46.2. The van der Waals surface area contributed by atoms with Gasteiger partial charge in [-0.1, -0.05) is 95.3 Å². The number of nitrogens with one attached hydrogen (secondary N) is 5. The van der Waals surface area contributed by atoms with Crippen LogP contribution in [0.1, 0.15) is 84.7 Å². The SMILES string of the molecule is C=CCOC(=O)N[C@H](C(=O)N[C@@H](C)C(=O)Nc1ccc(COC(=O)Nc2cc(OCCCOc3cc(NC(=O)OCc4ccc(O[C@@H]5O[C@H](C(=O)OCC=C)[C@@H](OC(=O)OCC=C)[C@H](OC(=O)OCC=C)[C@H]5OC(=O)OCC=C)c([N+](=O)[O-])c4)c(C(=O)N4CCC[C@H]4CO)cc3OC)c(OC)cc2C(=O)N2CCC[C@H]2CO)cc1)C(C)C. The first kappa shape index (κ1) is 91.0. The van der Waals surface area contributed by atoms with Crippen molar-refractivity contribution in [3.05, 3.63) is 162 Å². The van der Waals surface area contributed by atoms with Crippen molar-refractivity contribution in [3.63, 3.8) is 0 Å². The fourth-order valence-electron chi connectivity index (χ4n) is 11.8. The van der Waals surface area contributed by atoms with Gasteiger partial charge in [-0.25, -0.2) is 33.6 Å². The molecule has 4 aromatic carbocycles. The predicted octanol–water partition coefficient (Wildman–Crippen LogP) is 8.49. The van der Waals surface area contributed by atoms with Crippen LogP contribution in [0.5, 0.6) is 28.7 Å². The lowest BCUT2D eigenvalue weighted by Gasteiger charge is -2.42. The Labute approximate surface area is 671 Å². The summed E-state index contributed by atoms with van der Waals surface area (Å²) in [4.78, 5) is 163. The number of rotatable bonds is 41. The molecule has 0 saturated carbocycles. The molecule has 3 aliphatic heterocycles. The first-order valence-electron chi connectivity index (χ1n) is 36.6. The Kier molecular flexibility index (Phi) is 35.5. The molecule has 7 N–H and O–H groups in total. The molecule has 3 saturated heterocycles. The number of hydrogen-bond acceptors (Lipinski definition) is 31. The molecule has 4 aromatic rings. The zero-order valence-electron chi connectivity index (χ0n) is 64.8. The van der Waals surface area contributed by atoms with Crippen LogP contribution in [0.2, 0.25) is 0 Å². The minimum atomic E-state index is -2.22. The van der Waals surface area contributed by atoms with Gasteiger partial charge in [0, 0.05) is 43.4 Å². The van der Waals surface area contributed by atoms with E-state index in [-0.39, 0.29) is 110 Å². The van der Waals surface area contributed by atoms with E-state index in [1.54, 1.807) is 38.1 Å². The highest BCUT2D eigenvalue weighted by molar-refractivity contribution is 6.05. The van der Waals surface area contributed by atoms with E-state index in [1.165, 1.54) is 67.4 Å². The van der Waals surface area contributed by atoms with Gasteiger partial charge in [-0.05, 0) is 80.0 Å². The van der Waals surface area contributed by atoms with Crippen LogP contribution in [0, 0.1) is 16.0 Å². The molecule has 7 amide bonds. The molecular formula is C78H94N8O31. The smallest absolute Gasteiger partial charge is 0.493 e. The van der Waals surface area contributed by atoms with Gasteiger partial charge in [0.25, 0.3) is 11.8 Å². The zero-order chi connectivity index (χ0) is 85.3. The van der Waals surface area contributed by atoms with E-state index in [9.17, 15) is 73.1 Å². The van der Waals surface area contributed by atoms with Crippen molar-refractivity contribution in [2.24, 2.45) is 5.92 Å². The van der Waals surface area contributed by atoms with Gasteiger partial charge in [0.05, 0.1) is 80.2 Å². The Balaban J connectivity index is 1.06. The lowest BCUT2D eigenvalue weighted by molar-refractivity contribution is -0.387. The minimum absolute atomic E-state index is 0.0148. The summed E-state index contributed by atoms with van der Waals surface area (Å²) in [5.41, 5.74) is -0.502. The van der Waals surface area contributed by atoms with E-state index < -0.39 is 171 Å². The Morgan fingerprint density at radius 3 is 1.50 bits per heavy atom. The molecule has 0 radical (unpaired) electrons. The third-order valence-corrected chi connectivity index (χ3v) is 17.5. The molecule has 0 aliphatic carbocycles. The number of hydrogen-bond donors (Lipinski definition) is 7. The second kappa shape index (κ2) is 45.7.